The van der Waals surface area contributed by atoms with Crippen LogP contribution in [0.4, 0.5) is 11.4 Å². The van der Waals surface area contributed by atoms with E-state index in [9.17, 15) is 13.2 Å². The molecule has 0 aromatic heterocycles. The summed E-state index contributed by atoms with van der Waals surface area (Å²) in [4.78, 5) is 12.6. The Bertz CT molecular complexity index is 1230. The highest BCUT2D eigenvalue weighted by Crippen LogP contribution is 2.30. The fourth-order valence-electron chi connectivity index (χ4n) is 2.89. The molecule has 0 heterocycles. The molecule has 3 aromatic rings. The van der Waals surface area contributed by atoms with Crippen molar-refractivity contribution in [1.82, 2.24) is 0 Å². The minimum Gasteiger partial charge on any atom is -0.495 e. The van der Waals surface area contributed by atoms with Gasteiger partial charge >= 0.3 is 0 Å². The monoisotopic (exact) mass is 460 g/mol. The van der Waals surface area contributed by atoms with Gasteiger partial charge in [0.05, 0.1) is 30.6 Å². The first kappa shape index (κ1) is 22.5. The first-order chi connectivity index (χ1) is 14.7. The predicted molar refractivity (Wildman–Crippen MR) is 121 cm³/mol. The molecule has 0 bridgehead atoms. The summed E-state index contributed by atoms with van der Waals surface area (Å²) in [5, 5.41) is 2.72. The lowest BCUT2D eigenvalue weighted by Crippen LogP contribution is -2.17. The largest absolute Gasteiger partial charge is 0.495 e. The molecule has 0 saturated carbocycles. The summed E-state index contributed by atoms with van der Waals surface area (Å²) in [6, 6.07) is 15.9. The van der Waals surface area contributed by atoms with Crippen LogP contribution in [0.3, 0.4) is 0 Å². The standard InChI is InChI=1S/C22H21ClN2O5S/c1-14-8-11-20(30-3)18(12-14)24-22(26)15-9-10-16(23)21(13-15)31(27,28)25-17-6-4-5-7-19(17)29-2/h4-13,25H,1-3H3,(H,24,26). The van der Waals surface area contributed by atoms with Crippen molar-refractivity contribution in [2.45, 2.75) is 11.8 Å². The van der Waals surface area contributed by atoms with Crippen LogP contribution in [-0.4, -0.2) is 28.5 Å². The van der Waals surface area contributed by atoms with Crippen molar-refractivity contribution < 1.29 is 22.7 Å². The van der Waals surface area contributed by atoms with Gasteiger partial charge in [-0.05, 0) is 55.0 Å². The van der Waals surface area contributed by atoms with Gasteiger partial charge in [0.25, 0.3) is 15.9 Å². The molecule has 31 heavy (non-hydrogen) atoms. The molecule has 0 aliphatic carbocycles. The number of carbonyl (C=O) groups is 1. The lowest BCUT2D eigenvalue weighted by Gasteiger charge is -2.14. The van der Waals surface area contributed by atoms with Gasteiger partial charge in [0, 0.05) is 5.56 Å². The predicted octanol–water partition coefficient (Wildman–Crippen LogP) is 4.72. The Labute approximate surface area is 186 Å². The Morgan fingerprint density at radius 2 is 1.58 bits per heavy atom. The number of halogens is 1. The highest BCUT2D eigenvalue weighted by molar-refractivity contribution is 7.92. The number of nitrogens with one attached hydrogen (secondary N) is 2. The number of hydrogen-bond donors (Lipinski definition) is 2. The molecule has 0 aliphatic heterocycles. The molecule has 3 aromatic carbocycles. The van der Waals surface area contributed by atoms with Crippen LogP contribution in [0.15, 0.2) is 65.6 Å². The Morgan fingerprint density at radius 1 is 0.903 bits per heavy atom. The zero-order valence-electron chi connectivity index (χ0n) is 17.1. The minimum absolute atomic E-state index is 0.0212. The van der Waals surface area contributed by atoms with Crippen LogP contribution < -0.4 is 19.5 Å². The summed E-state index contributed by atoms with van der Waals surface area (Å²) in [7, 11) is -1.16. The fraction of sp³-hybridized carbons (Fsp3) is 0.136. The minimum atomic E-state index is -4.09. The van der Waals surface area contributed by atoms with Crippen LogP contribution in [0.1, 0.15) is 15.9 Å². The van der Waals surface area contributed by atoms with Crippen LogP contribution in [0.5, 0.6) is 11.5 Å². The third-order valence-corrected chi connectivity index (χ3v) is 6.28. The van der Waals surface area contributed by atoms with E-state index in [1.807, 2.05) is 13.0 Å². The maximum absolute atomic E-state index is 13.0. The molecule has 0 spiro atoms. The maximum Gasteiger partial charge on any atom is 0.263 e. The Kier molecular flexibility index (Phi) is 6.72. The summed E-state index contributed by atoms with van der Waals surface area (Å²) in [5.74, 6) is 0.329. The van der Waals surface area contributed by atoms with E-state index in [1.165, 1.54) is 32.4 Å². The first-order valence-corrected chi connectivity index (χ1v) is 11.0. The topological polar surface area (TPSA) is 93.7 Å². The number of rotatable bonds is 7. The van der Waals surface area contributed by atoms with Gasteiger partial charge in [0.15, 0.2) is 0 Å². The summed E-state index contributed by atoms with van der Waals surface area (Å²) in [6.45, 7) is 1.88. The highest BCUT2D eigenvalue weighted by Gasteiger charge is 2.22. The molecule has 7 nitrogen and oxygen atoms in total. The molecule has 2 N–H and O–H groups in total. The molecule has 9 heteroatoms. The number of ether oxygens (including phenoxy) is 2. The molecule has 162 valence electrons. The van der Waals surface area contributed by atoms with E-state index in [2.05, 4.69) is 10.0 Å². The number of carbonyl (C=O) groups excluding carboxylic acids is 1. The van der Waals surface area contributed by atoms with Crippen molar-refractivity contribution in [2.75, 3.05) is 24.3 Å². The van der Waals surface area contributed by atoms with Crippen LogP contribution in [-0.2, 0) is 10.0 Å². The van der Waals surface area contributed by atoms with Crippen molar-refractivity contribution in [1.29, 1.82) is 0 Å². The van der Waals surface area contributed by atoms with E-state index in [4.69, 9.17) is 21.1 Å². The second-order valence-electron chi connectivity index (χ2n) is 6.61. The first-order valence-electron chi connectivity index (χ1n) is 9.16. The van der Waals surface area contributed by atoms with Crippen molar-refractivity contribution in [3.8, 4) is 11.5 Å². The van der Waals surface area contributed by atoms with E-state index in [0.717, 1.165) is 5.56 Å². The summed E-state index contributed by atoms with van der Waals surface area (Å²) in [6.07, 6.45) is 0. The van der Waals surface area contributed by atoms with E-state index in [0.29, 0.717) is 17.2 Å². The van der Waals surface area contributed by atoms with Gasteiger partial charge < -0.3 is 14.8 Å². The number of methoxy groups -OCH3 is 2. The number of hydrogen-bond acceptors (Lipinski definition) is 5. The van der Waals surface area contributed by atoms with Crippen molar-refractivity contribution >= 4 is 38.9 Å². The smallest absolute Gasteiger partial charge is 0.263 e. The third kappa shape index (κ3) is 5.10. The van der Waals surface area contributed by atoms with Crippen LogP contribution >= 0.6 is 11.6 Å². The Morgan fingerprint density at radius 3 is 2.29 bits per heavy atom. The maximum atomic E-state index is 13.0. The number of para-hydroxylation sites is 2. The summed E-state index contributed by atoms with van der Waals surface area (Å²) < 4.78 is 38.8. The molecule has 0 unspecified atom stereocenters. The van der Waals surface area contributed by atoms with E-state index < -0.39 is 15.9 Å². The molecule has 3 rings (SSSR count). The quantitative estimate of drug-likeness (QED) is 0.532. The van der Waals surface area contributed by atoms with Gasteiger partial charge in [0.1, 0.15) is 16.4 Å². The average Bonchev–Trinajstić information content (AvgIpc) is 2.74. The zero-order chi connectivity index (χ0) is 22.6. The Balaban J connectivity index is 1.92. The zero-order valence-corrected chi connectivity index (χ0v) is 18.7. The van der Waals surface area contributed by atoms with Gasteiger partial charge in [-0.25, -0.2) is 8.42 Å². The van der Waals surface area contributed by atoms with Crippen LogP contribution in [0, 0.1) is 6.92 Å². The molecule has 0 aliphatic rings. The highest BCUT2D eigenvalue weighted by atomic mass is 35.5. The van der Waals surface area contributed by atoms with Crippen molar-refractivity contribution in [2.24, 2.45) is 0 Å². The molecule has 0 saturated heterocycles. The second-order valence-corrected chi connectivity index (χ2v) is 8.67. The number of anilines is 2. The van der Waals surface area contributed by atoms with Crippen molar-refractivity contribution in [3.63, 3.8) is 0 Å². The molecular weight excluding hydrogens is 440 g/mol. The van der Waals surface area contributed by atoms with Gasteiger partial charge in [-0.2, -0.15) is 0 Å². The Hall–Kier alpha value is -3.23. The molecule has 0 fully saturated rings. The van der Waals surface area contributed by atoms with E-state index >= 15 is 0 Å². The van der Waals surface area contributed by atoms with Gasteiger partial charge in [0.2, 0.25) is 0 Å². The van der Waals surface area contributed by atoms with Gasteiger partial charge in [-0.3, -0.25) is 9.52 Å². The number of aryl methyl sites for hydroxylation is 1. The molecule has 0 atom stereocenters. The molecular formula is C22H21ClN2O5S. The average molecular weight is 461 g/mol. The van der Waals surface area contributed by atoms with E-state index in [1.54, 1.807) is 36.4 Å². The van der Waals surface area contributed by atoms with E-state index in [-0.39, 0.29) is 21.2 Å². The fourth-order valence-corrected chi connectivity index (χ4v) is 4.49. The summed E-state index contributed by atoms with van der Waals surface area (Å²) >= 11 is 6.15. The number of amides is 1. The molecule has 0 radical (unpaired) electrons. The number of sulfonamides is 1. The lowest BCUT2D eigenvalue weighted by molar-refractivity contribution is 0.102. The van der Waals surface area contributed by atoms with Gasteiger partial charge in [-0.1, -0.05) is 29.8 Å². The second kappa shape index (κ2) is 9.28. The lowest BCUT2D eigenvalue weighted by atomic mass is 10.1. The summed E-state index contributed by atoms with van der Waals surface area (Å²) in [5.41, 5.74) is 1.77. The SMILES string of the molecule is COc1ccc(C)cc1NC(=O)c1ccc(Cl)c(S(=O)(=O)Nc2ccccc2OC)c1. The van der Waals surface area contributed by atoms with Crippen LogP contribution in [0.2, 0.25) is 5.02 Å². The molecule has 1 amide bonds. The van der Waals surface area contributed by atoms with Crippen molar-refractivity contribution in [3.05, 3.63) is 76.8 Å². The number of benzene rings is 3. The normalized spacial score (nSPS) is 11.0. The van der Waals surface area contributed by atoms with Crippen LogP contribution in [0.25, 0.3) is 0 Å². The van der Waals surface area contributed by atoms with Gasteiger partial charge in [-0.15, -0.1) is 0 Å². The third-order valence-electron chi connectivity index (χ3n) is 4.44.